The molecular formula is C27H31N3O5S2. The molecule has 1 aliphatic rings. The van der Waals surface area contributed by atoms with E-state index < -0.39 is 32.0 Å². The minimum absolute atomic E-state index is 0.0486. The van der Waals surface area contributed by atoms with Gasteiger partial charge >= 0.3 is 0 Å². The van der Waals surface area contributed by atoms with E-state index in [1.807, 2.05) is 12.1 Å². The first-order valence-electron chi connectivity index (χ1n) is 12.3. The van der Waals surface area contributed by atoms with E-state index in [0.717, 1.165) is 29.1 Å². The van der Waals surface area contributed by atoms with E-state index in [2.05, 4.69) is 12.2 Å². The molecule has 4 rings (SSSR count). The maximum Gasteiger partial charge on any atom is 0.244 e. The lowest BCUT2D eigenvalue weighted by molar-refractivity contribution is -0.120. The van der Waals surface area contributed by atoms with Gasteiger partial charge in [-0.2, -0.15) is 8.61 Å². The third-order valence-electron chi connectivity index (χ3n) is 6.37. The number of carbonyl (C=O) groups excluding carboxylic acids is 1. The topological polar surface area (TPSA) is 104 Å². The van der Waals surface area contributed by atoms with E-state index in [1.54, 1.807) is 48.5 Å². The summed E-state index contributed by atoms with van der Waals surface area (Å²) >= 11 is 0. The minimum Gasteiger partial charge on any atom is -0.325 e. The number of nitrogens with one attached hydrogen (secondary N) is 1. The molecule has 3 aromatic carbocycles. The van der Waals surface area contributed by atoms with Crippen molar-refractivity contribution in [2.75, 3.05) is 25.0 Å². The van der Waals surface area contributed by atoms with E-state index >= 15 is 0 Å². The molecule has 196 valence electrons. The summed E-state index contributed by atoms with van der Waals surface area (Å²) in [5, 5.41) is 2.79. The van der Waals surface area contributed by atoms with Gasteiger partial charge in [0, 0.05) is 25.3 Å². The molecule has 10 heteroatoms. The fourth-order valence-electron chi connectivity index (χ4n) is 4.29. The van der Waals surface area contributed by atoms with Gasteiger partial charge in [-0.05, 0) is 54.8 Å². The Morgan fingerprint density at radius 3 is 1.95 bits per heavy atom. The van der Waals surface area contributed by atoms with Crippen molar-refractivity contribution < 1.29 is 21.6 Å². The maximum atomic E-state index is 13.5. The van der Waals surface area contributed by atoms with Crippen molar-refractivity contribution in [3.63, 3.8) is 0 Å². The monoisotopic (exact) mass is 541 g/mol. The second kappa shape index (κ2) is 11.6. The van der Waals surface area contributed by atoms with E-state index in [9.17, 15) is 21.6 Å². The van der Waals surface area contributed by atoms with Crippen LogP contribution in [-0.4, -0.2) is 57.0 Å². The van der Waals surface area contributed by atoms with Crippen molar-refractivity contribution in [2.45, 2.75) is 42.0 Å². The number of carbonyl (C=O) groups is 1. The van der Waals surface area contributed by atoms with Gasteiger partial charge in [-0.25, -0.2) is 16.8 Å². The third-order valence-corrected chi connectivity index (χ3v) is 10.2. The Kier molecular flexibility index (Phi) is 8.43. The van der Waals surface area contributed by atoms with Crippen molar-refractivity contribution >= 4 is 31.6 Å². The summed E-state index contributed by atoms with van der Waals surface area (Å²) in [7, 11) is -7.97. The van der Waals surface area contributed by atoms with Crippen LogP contribution >= 0.6 is 0 Å². The second-order valence-electron chi connectivity index (χ2n) is 8.91. The molecule has 0 radical (unpaired) electrons. The number of rotatable bonds is 9. The molecule has 1 N–H and O–H groups in total. The van der Waals surface area contributed by atoms with Crippen LogP contribution in [0.15, 0.2) is 94.7 Å². The van der Waals surface area contributed by atoms with Gasteiger partial charge in [-0.1, -0.05) is 61.9 Å². The van der Waals surface area contributed by atoms with Crippen LogP contribution in [0.3, 0.4) is 0 Å². The molecule has 0 unspecified atom stereocenters. The summed E-state index contributed by atoms with van der Waals surface area (Å²) < 4.78 is 55.9. The number of anilines is 1. The molecule has 0 saturated carbocycles. The second-order valence-corrected chi connectivity index (χ2v) is 12.7. The van der Waals surface area contributed by atoms with Crippen molar-refractivity contribution in [1.29, 1.82) is 0 Å². The Bertz CT molecular complexity index is 1410. The van der Waals surface area contributed by atoms with Gasteiger partial charge in [0.2, 0.25) is 26.0 Å². The number of aryl methyl sites for hydroxylation is 1. The van der Waals surface area contributed by atoms with Crippen LogP contribution in [0.25, 0.3) is 0 Å². The number of hydrogen-bond acceptors (Lipinski definition) is 5. The maximum absolute atomic E-state index is 13.5. The third kappa shape index (κ3) is 6.10. The molecule has 37 heavy (non-hydrogen) atoms. The van der Waals surface area contributed by atoms with E-state index in [4.69, 9.17) is 0 Å². The van der Waals surface area contributed by atoms with E-state index in [1.165, 1.54) is 28.6 Å². The van der Waals surface area contributed by atoms with Gasteiger partial charge in [0.1, 0.15) is 6.04 Å². The summed E-state index contributed by atoms with van der Waals surface area (Å²) in [5.41, 5.74) is 1.66. The van der Waals surface area contributed by atoms with Crippen LogP contribution in [0.1, 0.15) is 25.3 Å². The highest BCUT2D eigenvalue weighted by atomic mass is 32.2. The summed E-state index contributed by atoms with van der Waals surface area (Å²) in [6.07, 6.45) is 3.07. The normalized spacial score (nSPS) is 17.4. The molecule has 1 fully saturated rings. The standard InChI is InChI=1S/C27H31N3O5S2/c1-2-3-10-22-15-17-23(18-16-22)28-27(31)26-21-29(36(32,33)24-11-6-4-7-12-24)19-20-30(26)37(34,35)25-13-8-5-9-14-25/h4-9,11-18,26H,2-3,10,19-21H2,1H3,(H,28,31)/t26-/m0/s1. The van der Waals surface area contributed by atoms with Crippen LogP contribution in [0, 0.1) is 0 Å². The SMILES string of the molecule is CCCCc1ccc(NC(=O)[C@@H]2CN(S(=O)(=O)c3ccccc3)CCN2S(=O)(=O)c2ccccc2)cc1. The molecule has 1 atom stereocenters. The van der Waals surface area contributed by atoms with Crippen molar-refractivity contribution in [2.24, 2.45) is 0 Å². The summed E-state index contributed by atoms with van der Waals surface area (Å²) in [6.45, 7) is 1.59. The molecule has 0 bridgehead atoms. The van der Waals surface area contributed by atoms with Crippen LogP contribution < -0.4 is 5.32 Å². The molecule has 1 aliphatic heterocycles. The number of unbranched alkanes of at least 4 members (excludes halogenated alkanes) is 1. The van der Waals surface area contributed by atoms with E-state index in [-0.39, 0.29) is 29.4 Å². The van der Waals surface area contributed by atoms with Crippen LogP contribution in [0.4, 0.5) is 5.69 Å². The highest BCUT2D eigenvalue weighted by Gasteiger charge is 2.43. The number of hydrogen-bond donors (Lipinski definition) is 1. The minimum atomic E-state index is -4.05. The zero-order valence-corrected chi connectivity index (χ0v) is 22.3. The van der Waals surface area contributed by atoms with Crippen molar-refractivity contribution in [3.05, 3.63) is 90.5 Å². The molecular weight excluding hydrogens is 510 g/mol. The van der Waals surface area contributed by atoms with Crippen LogP contribution in [0.2, 0.25) is 0 Å². The van der Waals surface area contributed by atoms with E-state index in [0.29, 0.717) is 5.69 Å². The van der Waals surface area contributed by atoms with Gasteiger partial charge in [-0.15, -0.1) is 0 Å². The van der Waals surface area contributed by atoms with Gasteiger partial charge in [0.25, 0.3) is 0 Å². The zero-order valence-electron chi connectivity index (χ0n) is 20.7. The number of piperazine rings is 1. The number of amides is 1. The Hall–Kier alpha value is -3.05. The number of benzene rings is 3. The first kappa shape index (κ1) is 27.0. The highest BCUT2D eigenvalue weighted by molar-refractivity contribution is 7.89. The Morgan fingerprint density at radius 1 is 0.811 bits per heavy atom. The summed E-state index contributed by atoms with van der Waals surface area (Å²) in [4.78, 5) is 13.6. The molecule has 0 aromatic heterocycles. The zero-order chi connectivity index (χ0) is 26.5. The molecule has 0 spiro atoms. The van der Waals surface area contributed by atoms with Gasteiger partial charge < -0.3 is 5.32 Å². The van der Waals surface area contributed by atoms with Crippen LogP contribution in [0.5, 0.6) is 0 Å². The Labute approximate surface area is 219 Å². The predicted octanol–water partition coefficient (Wildman–Crippen LogP) is 3.73. The average molecular weight is 542 g/mol. The van der Waals surface area contributed by atoms with Gasteiger partial charge in [0.05, 0.1) is 9.79 Å². The lowest BCUT2D eigenvalue weighted by Gasteiger charge is -2.38. The lowest BCUT2D eigenvalue weighted by Crippen LogP contribution is -2.60. The van der Waals surface area contributed by atoms with Gasteiger partial charge in [-0.3, -0.25) is 4.79 Å². The Balaban J connectivity index is 1.63. The smallest absolute Gasteiger partial charge is 0.244 e. The first-order chi connectivity index (χ1) is 17.7. The number of nitrogens with zero attached hydrogens (tertiary/aromatic N) is 2. The Morgan fingerprint density at radius 2 is 1.38 bits per heavy atom. The molecule has 1 amide bonds. The molecule has 0 aliphatic carbocycles. The average Bonchev–Trinajstić information content (AvgIpc) is 2.93. The fourth-order valence-corrected chi connectivity index (χ4v) is 7.34. The highest BCUT2D eigenvalue weighted by Crippen LogP contribution is 2.26. The molecule has 1 heterocycles. The lowest BCUT2D eigenvalue weighted by atomic mass is 10.1. The van der Waals surface area contributed by atoms with Gasteiger partial charge in [0.15, 0.2) is 0 Å². The largest absolute Gasteiger partial charge is 0.325 e. The number of sulfonamides is 2. The molecule has 1 saturated heterocycles. The molecule has 8 nitrogen and oxygen atoms in total. The van der Waals surface area contributed by atoms with Crippen molar-refractivity contribution in [1.82, 2.24) is 8.61 Å². The first-order valence-corrected chi connectivity index (χ1v) is 15.1. The quantitative estimate of drug-likeness (QED) is 0.445. The molecule has 3 aromatic rings. The fraction of sp³-hybridized carbons (Fsp3) is 0.296. The summed E-state index contributed by atoms with van der Waals surface area (Å²) in [5.74, 6) is -0.589. The van der Waals surface area contributed by atoms with Crippen LogP contribution in [-0.2, 0) is 31.3 Å². The summed E-state index contributed by atoms with van der Waals surface area (Å²) in [6, 6.07) is 21.9. The van der Waals surface area contributed by atoms with Crippen molar-refractivity contribution in [3.8, 4) is 0 Å². The predicted molar refractivity (Wildman–Crippen MR) is 143 cm³/mol.